The van der Waals surface area contributed by atoms with Crippen molar-refractivity contribution in [2.75, 3.05) is 33.7 Å². The van der Waals surface area contributed by atoms with Crippen LogP contribution in [0.5, 0.6) is 0 Å². The Morgan fingerprint density at radius 2 is 1.81 bits per heavy atom. The lowest BCUT2D eigenvalue weighted by atomic mass is 10.1. The maximum Gasteiger partial charge on any atom is 0.236 e. The van der Waals surface area contributed by atoms with Gasteiger partial charge in [-0.1, -0.05) is 30.1 Å². The fraction of sp³-hybridized carbons (Fsp3) is 0.467. The van der Waals surface area contributed by atoms with Crippen LogP contribution in [0.1, 0.15) is 23.7 Å². The van der Waals surface area contributed by atoms with Crippen molar-refractivity contribution < 1.29 is 9.59 Å². The third-order valence-corrected chi connectivity index (χ3v) is 3.54. The molecule has 116 valence electrons. The minimum absolute atomic E-state index is 0.0292. The van der Waals surface area contributed by atoms with Crippen molar-refractivity contribution in [3.63, 3.8) is 0 Å². The van der Waals surface area contributed by atoms with Gasteiger partial charge in [0.05, 0.1) is 18.1 Å². The smallest absolute Gasteiger partial charge is 0.236 e. The van der Waals surface area contributed by atoms with Crippen LogP contribution in [0, 0.1) is 0 Å². The van der Waals surface area contributed by atoms with E-state index in [1.165, 1.54) is 4.90 Å². The summed E-state index contributed by atoms with van der Waals surface area (Å²) in [5, 5.41) is 0.827. The number of rotatable bonds is 7. The van der Waals surface area contributed by atoms with Gasteiger partial charge in [0.15, 0.2) is 5.78 Å². The van der Waals surface area contributed by atoms with E-state index in [0.29, 0.717) is 22.2 Å². The van der Waals surface area contributed by atoms with Gasteiger partial charge >= 0.3 is 0 Å². The van der Waals surface area contributed by atoms with E-state index in [1.807, 2.05) is 11.8 Å². The topological polar surface area (TPSA) is 40.6 Å². The van der Waals surface area contributed by atoms with Gasteiger partial charge in [0.2, 0.25) is 5.91 Å². The van der Waals surface area contributed by atoms with Crippen LogP contribution >= 0.6 is 23.2 Å². The van der Waals surface area contributed by atoms with Crippen LogP contribution in [0.25, 0.3) is 0 Å². The zero-order valence-electron chi connectivity index (χ0n) is 12.5. The van der Waals surface area contributed by atoms with Crippen LogP contribution < -0.4 is 0 Å². The molecule has 0 saturated carbocycles. The Morgan fingerprint density at radius 1 is 1.14 bits per heavy atom. The van der Waals surface area contributed by atoms with Crippen LogP contribution in [0.15, 0.2) is 18.2 Å². The number of benzene rings is 1. The lowest BCUT2D eigenvalue weighted by molar-refractivity contribution is -0.129. The van der Waals surface area contributed by atoms with Gasteiger partial charge in [-0.25, -0.2) is 0 Å². The second kappa shape index (κ2) is 8.37. The Kier molecular flexibility index (Phi) is 7.15. The SMILES string of the molecule is CCCN(CC(=O)c1ccc(Cl)cc1Cl)CC(=O)N(C)C. The average molecular weight is 331 g/mol. The first-order valence-electron chi connectivity index (χ1n) is 6.76. The average Bonchev–Trinajstić information content (AvgIpc) is 2.38. The normalized spacial score (nSPS) is 10.8. The molecule has 0 aliphatic heterocycles. The molecule has 0 bridgehead atoms. The van der Waals surface area contributed by atoms with Crippen molar-refractivity contribution in [2.45, 2.75) is 13.3 Å². The largest absolute Gasteiger partial charge is 0.348 e. The number of likely N-dealkylation sites (N-methyl/N-ethyl adjacent to an activating group) is 1. The van der Waals surface area contributed by atoms with E-state index in [2.05, 4.69) is 0 Å². The maximum atomic E-state index is 12.3. The molecule has 0 heterocycles. The molecular weight excluding hydrogens is 311 g/mol. The summed E-state index contributed by atoms with van der Waals surface area (Å²) in [4.78, 5) is 27.5. The van der Waals surface area contributed by atoms with Crippen molar-refractivity contribution in [1.29, 1.82) is 0 Å². The molecule has 21 heavy (non-hydrogen) atoms. The molecule has 6 heteroatoms. The molecule has 0 fully saturated rings. The summed E-state index contributed by atoms with van der Waals surface area (Å²) >= 11 is 11.9. The van der Waals surface area contributed by atoms with Gasteiger partial charge in [-0.3, -0.25) is 14.5 Å². The van der Waals surface area contributed by atoms with E-state index >= 15 is 0 Å². The number of carbonyl (C=O) groups is 2. The van der Waals surface area contributed by atoms with Gasteiger partial charge in [0.1, 0.15) is 0 Å². The minimum atomic E-state index is -0.114. The summed E-state index contributed by atoms with van der Waals surface area (Å²) in [6.45, 7) is 3.07. The lowest BCUT2D eigenvalue weighted by Crippen LogP contribution is -2.39. The molecule has 4 nitrogen and oxygen atoms in total. The molecule has 0 aliphatic carbocycles. The molecule has 0 atom stereocenters. The Bertz CT molecular complexity index is 518. The number of nitrogens with zero attached hydrogens (tertiary/aromatic N) is 2. The highest BCUT2D eigenvalue weighted by Crippen LogP contribution is 2.21. The van der Waals surface area contributed by atoms with Crippen molar-refractivity contribution in [2.24, 2.45) is 0 Å². The zero-order valence-corrected chi connectivity index (χ0v) is 14.0. The van der Waals surface area contributed by atoms with Crippen molar-refractivity contribution in [3.05, 3.63) is 33.8 Å². The van der Waals surface area contributed by atoms with Crippen LogP contribution in [-0.4, -0.2) is 55.2 Å². The zero-order chi connectivity index (χ0) is 16.0. The van der Waals surface area contributed by atoms with E-state index in [-0.39, 0.29) is 24.8 Å². The molecule has 1 rings (SSSR count). The lowest BCUT2D eigenvalue weighted by Gasteiger charge is -2.22. The highest BCUT2D eigenvalue weighted by Gasteiger charge is 2.18. The van der Waals surface area contributed by atoms with Crippen molar-refractivity contribution in [3.8, 4) is 0 Å². The monoisotopic (exact) mass is 330 g/mol. The summed E-state index contributed by atoms with van der Waals surface area (Å²) in [5.74, 6) is -0.143. The van der Waals surface area contributed by atoms with Gasteiger partial charge < -0.3 is 4.90 Å². The Labute approximate surface area is 135 Å². The Hall–Kier alpha value is -1.10. The number of carbonyl (C=O) groups excluding carboxylic acids is 2. The first kappa shape index (κ1) is 18.0. The summed E-state index contributed by atoms with van der Waals surface area (Å²) in [7, 11) is 3.40. The predicted octanol–water partition coefficient (Wildman–Crippen LogP) is 2.98. The van der Waals surface area contributed by atoms with E-state index < -0.39 is 0 Å². The van der Waals surface area contributed by atoms with E-state index in [1.54, 1.807) is 32.3 Å². The molecule has 0 N–H and O–H groups in total. The molecule has 1 amide bonds. The Balaban J connectivity index is 2.78. The first-order chi connectivity index (χ1) is 9.85. The molecular formula is C15H20Cl2N2O2. The van der Waals surface area contributed by atoms with Crippen molar-refractivity contribution >= 4 is 34.9 Å². The minimum Gasteiger partial charge on any atom is -0.348 e. The van der Waals surface area contributed by atoms with Crippen LogP contribution in [0.3, 0.4) is 0 Å². The second-order valence-corrected chi connectivity index (χ2v) is 5.89. The summed E-state index contributed by atoms with van der Waals surface area (Å²) in [5.41, 5.74) is 0.430. The highest BCUT2D eigenvalue weighted by atomic mass is 35.5. The highest BCUT2D eigenvalue weighted by molar-refractivity contribution is 6.36. The fourth-order valence-electron chi connectivity index (χ4n) is 1.87. The molecule has 1 aromatic carbocycles. The summed E-state index contributed by atoms with van der Waals surface area (Å²) < 4.78 is 0. The number of hydrogen-bond acceptors (Lipinski definition) is 3. The fourth-order valence-corrected chi connectivity index (χ4v) is 2.38. The number of ketones is 1. The third kappa shape index (κ3) is 5.65. The van der Waals surface area contributed by atoms with Gasteiger partial charge in [-0.2, -0.15) is 0 Å². The van der Waals surface area contributed by atoms with Gasteiger partial charge in [-0.05, 0) is 31.2 Å². The molecule has 0 spiro atoms. The van der Waals surface area contributed by atoms with Gasteiger partial charge in [-0.15, -0.1) is 0 Å². The number of halogens is 2. The number of Topliss-reactive ketones (excluding diaryl/α,β-unsaturated/α-hetero) is 1. The van der Waals surface area contributed by atoms with E-state index in [9.17, 15) is 9.59 Å². The van der Waals surface area contributed by atoms with Crippen molar-refractivity contribution in [1.82, 2.24) is 9.80 Å². The quantitative estimate of drug-likeness (QED) is 0.721. The van der Waals surface area contributed by atoms with Gasteiger partial charge in [0, 0.05) is 24.7 Å². The van der Waals surface area contributed by atoms with E-state index in [4.69, 9.17) is 23.2 Å². The van der Waals surface area contributed by atoms with Crippen LogP contribution in [-0.2, 0) is 4.79 Å². The van der Waals surface area contributed by atoms with Crippen LogP contribution in [0.2, 0.25) is 10.0 Å². The molecule has 0 aromatic heterocycles. The third-order valence-electron chi connectivity index (χ3n) is 3.00. The maximum absolute atomic E-state index is 12.3. The summed E-state index contributed by atoms with van der Waals surface area (Å²) in [6.07, 6.45) is 0.863. The molecule has 0 aliphatic rings. The van der Waals surface area contributed by atoms with Gasteiger partial charge in [0.25, 0.3) is 0 Å². The second-order valence-electron chi connectivity index (χ2n) is 5.05. The Morgan fingerprint density at radius 3 is 2.33 bits per heavy atom. The van der Waals surface area contributed by atoms with E-state index in [0.717, 1.165) is 6.42 Å². The molecule has 0 unspecified atom stereocenters. The molecule has 0 saturated heterocycles. The molecule has 1 aromatic rings. The predicted molar refractivity (Wildman–Crippen MR) is 86.2 cm³/mol. The standard InChI is InChI=1S/C15H20Cl2N2O2/c1-4-7-19(10-15(21)18(2)3)9-14(20)12-6-5-11(16)8-13(12)17/h5-6,8H,4,7,9-10H2,1-3H3. The summed E-state index contributed by atoms with van der Waals surface area (Å²) in [6, 6.07) is 4.80. The first-order valence-corrected chi connectivity index (χ1v) is 7.51. The number of amides is 1. The number of hydrogen-bond donors (Lipinski definition) is 0. The molecule has 0 radical (unpaired) electrons. The van der Waals surface area contributed by atoms with Crippen LogP contribution in [0.4, 0.5) is 0 Å².